The van der Waals surface area contributed by atoms with Gasteiger partial charge in [-0.05, 0) is 49.4 Å². The molecule has 31 heavy (non-hydrogen) atoms. The van der Waals surface area contributed by atoms with Crippen LogP contribution in [0.25, 0.3) is 10.9 Å². The van der Waals surface area contributed by atoms with E-state index in [0.29, 0.717) is 29.4 Å². The Morgan fingerprint density at radius 1 is 1.32 bits per heavy atom. The summed E-state index contributed by atoms with van der Waals surface area (Å²) in [5, 5.41) is 26.9. The van der Waals surface area contributed by atoms with Crippen molar-refractivity contribution in [2.45, 2.75) is 44.0 Å². The Morgan fingerprint density at radius 2 is 2.00 bits per heavy atom. The number of alkyl halides is 3. The number of anilines is 2. The Labute approximate surface area is 175 Å². The minimum Gasteiger partial charge on any atom is -0.376 e. The first kappa shape index (κ1) is 20.9. The van der Waals surface area contributed by atoms with Crippen molar-refractivity contribution >= 4 is 22.4 Å². The highest BCUT2D eigenvalue weighted by Crippen LogP contribution is 2.43. The molecule has 3 N–H and O–H groups in total. The maximum Gasteiger partial charge on any atom is 0.421 e. The van der Waals surface area contributed by atoms with E-state index >= 15 is 0 Å². The largest absolute Gasteiger partial charge is 0.421 e. The third kappa shape index (κ3) is 3.77. The molecule has 10 heteroatoms. The zero-order valence-corrected chi connectivity index (χ0v) is 16.6. The number of H-pyrrole nitrogens is 1. The van der Waals surface area contributed by atoms with Crippen molar-refractivity contribution in [1.82, 2.24) is 14.8 Å². The lowest BCUT2D eigenvalue weighted by molar-refractivity contribution is -0.258. The van der Waals surface area contributed by atoms with Gasteiger partial charge in [0.15, 0.2) is 11.4 Å². The van der Waals surface area contributed by atoms with E-state index in [4.69, 9.17) is 0 Å². The number of halogens is 3. The van der Waals surface area contributed by atoms with Crippen LogP contribution in [0.3, 0.4) is 0 Å². The molecule has 0 spiro atoms. The van der Waals surface area contributed by atoms with Crippen molar-refractivity contribution in [2.24, 2.45) is 5.92 Å². The molecule has 2 heterocycles. The number of pyridine rings is 1. The number of benzene rings is 1. The van der Waals surface area contributed by atoms with Crippen molar-refractivity contribution in [1.29, 1.82) is 5.26 Å². The highest BCUT2D eigenvalue weighted by Gasteiger charge is 2.51. The molecule has 162 valence electrons. The van der Waals surface area contributed by atoms with E-state index in [0.717, 1.165) is 12.8 Å². The predicted octanol–water partition coefficient (Wildman–Crippen LogP) is 4.10. The van der Waals surface area contributed by atoms with Gasteiger partial charge in [0, 0.05) is 11.9 Å². The zero-order valence-electron chi connectivity index (χ0n) is 16.6. The SMILES string of the molecule is C[C@](O)(c1ccc(Nc2nn([C@@H](CC#N)C3CC3)c3cc[nH]c(=O)c23)cc1)C(F)(F)F. The first-order valence-corrected chi connectivity index (χ1v) is 9.77. The molecule has 1 aromatic carbocycles. The average Bonchev–Trinajstić information content (AvgIpc) is 3.48. The fourth-order valence-corrected chi connectivity index (χ4v) is 3.65. The van der Waals surface area contributed by atoms with E-state index in [2.05, 4.69) is 21.5 Å². The number of rotatable bonds is 6. The topological polar surface area (TPSA) is 107 Å². The van der Waals surface area contributed by atoms with Crippen LogP contribution in [0.15, 0.2) is 41.3 Å². The number of nitrogens with zero attached hydrogens (tertiary/aromatic N) is 3. The van der Waals surface area contributed by atoms with E-state index < -0.39 is 11.8 Å². The van der Waals surface area contributed by atoms with Gasteiger partial charge >= 0.3 is 6.18 Å². The Morgan fingerprint density at radius 3 is 2.58 bits per heavy atom. The predicted molar refractivity (Wildman–Crippen MR) is 108 cm³/mol. The van der Waals surface area contributed by atoms with Gasteiger partial charge < -0.3 is 15.4 Å². The molecule has 2 aromatic heterocycles. The average molecular weight is 431 g/mol. The van der Waals surface area contributed by atoms with Gasteiger partial charge in [-0.2, -0.15) is 23.5 Å². The van der Waals surface area contributed by atoms with Crippen LogP contribution in [0.1, 0.15) is 37.8 Å². The van der Waals surface area contributed by atoms with Crippen molar-refractivity contribution < 1.29 is 18.3 Å². The van der Waals surface area contributed by atoms with Crippen LogP contribution in [-0.2, 0) is 5.60 Å². The van der Waals surface area contributed by atoms with Crippen LogP contribution in [-0.4, -0.2) is 26.0 Å². The Balaban J connectivity index is 1.71. The molecule has 3 aromatic rings. The molecule has 2 atom stereocenters. The Kier molecular flexibility index (Phi) is 5.01. The molecule has 0 unspecified atom stereocenters. The number of nitrogens with one attached hydrogen (secondary N) is 2. The monoisotopic (exact) mass is 431 g/mol. The maximum atomic E-state index is 13.1. The van der Waals surface area contributed by atoms with Crippen molar-refractivity contribution in [3.05, 3.63) is 52.4 Å². The van der Waals surface area contributed by atoms with E-state index in [-0.39, 0.29) is 29.4 Å². The number of aliphatic hydroxyl groups is 1. The van der Waals surface area contributed by atoms with Gasteiger partial charge in [0.25, 0.3) is 5.56 Å². The molecule has 7 nitrogen and oxygen atoms in total. The van der Waals surface area contributed by atoms with Crippen LogP contribution in [0, 0.1) is 17.2 Å². The van der Waals surface area contributed by atoms with E-state index in [1.165, 1.54) is 30.5 Å². The highest BCUT2D eigenvalue weighted by molar-refractivity contribution is 5.91. The van der Waals surface area contributed by atoms with Gasteiger partial charge in [-0.25, -0.2) is 0 Å². The number of fused-ring (bicyclic) bond motifs is 1. The molecule has 0 aliphatic heterocycles. The standard InChI is InChI=1S/C21H20F3N5O2/c1-20(31,21(22,23)24)13-4-6-14(7-5-13)27-18-17-16(9-11-26-19(17)30)29(28-18)15(8-10-25)12-2-3-12/h4-7,9,11-12,15,31H,2-3,8H2,1H3,(H,26,30)(H,27,28)/t15-,20-/m0/s1. The molecule has 0 saturated heterocycles. The summed E-state index contributed by atoms with van der Waals surface area (Å²) in [5.74, 6) is 0.564. The van der Waals surface area contributed by atoms with E-state index in [1.54, 1.807) is 10.7 Å². The number of nitriles is 1. The van der Waals surface area contributed by atoms with Gasteiger partial charge in [0.1, 0.15) is 5.39 Å². The molecule has 0 radical (unpaired) electrons. The van der Waals surface area contributed by atoms with Gasteiger partial charge in [-0.15, -0.1) is 0 Å². The molecular formula is C21H20F3N5O2. The minimum atomic E-state index is -4.82. The second-order valence-electron chi connectivity index (χ2n) is 7.90. The second kappa shape index (κ2) is 7.42. The summed E-state index contributed by atoms with van der Waals surface area (Å²) < 4.78 is 40.9. The van der Waals surface area contributed by atoms with Crippen molar-refractivity contribution in [3.63, 3.8) is 0 Å². The first-order valence-electron chi connectivity index (χ1n) is 9.77. The summed E-state index contributed by atoms with van der Waals surface area (Å²) in [5.41, 5.74) is -2.67. The summed E-state index contributed by atoms with van der Waals surface area (Å²) in [6, 6.07) is 8.83. The number of aromatic amines is 1. The third-order valence-corrected chi connectivity index (χ3v) is 5.67. The molecule has 0 bridgehead atoms. The van der Waals surface area contributed by atoms with Gasteiger partial charge in [-0.1, -0.05) is 12.1 Å². The molecule has 0 amide bonds. The number of hydrogen-bond donors (Lipinski definition) is 3. The van der Waals surface area contributed by atoms with Crippen molar-refractivity contribution in [3.8, 4) is 6.07 Å². The maximum absolute atomic E-state index is 13.1. The normalized spacial score (nSPS) is 17.2. The summed E-state index contributed by atoms with van der Waals surface area (Å²) in [6.07, 6.45) is -1.07. The molecular weight excluding hydrogens is 411 g/mol. The first-order chi connectivity index (χ1) is 14.6. The molecule has 1 aliphatic carbocycles. The smallest absolute Gasteiger partial charge is 0.376 e. The van der Waals surface area contributed by atoms with Crippen LogP contribution in [0.5, 0.6) is 0 Å². The van der Waals surface area contributed by atoms with Gasteiger partial charge in [0.2, 0.25) is 0 Å². The van der Waals surface area contributed by atoms with E-state index in [9.17, 15) is 28.3 Å². The molecule has 1 fully saturated rings. The van der Waals surface area contributed by atoms with E-state index in [1.807, 2.05) is 0 Å². The summed E-state index contributed by atoms with van der Waals surface area (Å²) in [6.45, 7) is 0.692. The number of hydrogen-bond acceptors (Lipinski definition) is 5. The fraction of sp³-hybridized carbons (Fsp3) is 0.381. The van der Waals surface area contributed by atoms with Gasteiger partial charge in [0.05, 0.1) is 24.0 Å². The zero-order chi connectivity index (χ0) is 22.4. The molecule has 1 aliphatic rings. The quantitative estimate of drug-likeness (QED) is 0.545. The van der Waals surface area contributed by atoms with Gasteiger partial charge in [-0.3, -0.25) is 9.48 Å². The van der Waals surface area contributed by atoms with Crippen LogP contribution >= 0.6 is 0 Å². The molecule has 1 saturated carbocycles. The van der Waals surface area contributed by atoms with Crippen LogP contribution in [0.2, 0.25) is 0 Å². The fourth-order valence-electron chi connectivity index (χ4n) is 3.65. The summed E-state index contributed by atoms with van der Waals surface area (Å²) in [7, 11) is 0. The lowest BCUT2D eigenvalue weighted by atomic mass is 9.95. The lowest BCUT2D eigenvalue weighted by Gasteiger charge is -2.26. The van der Waals surface area contributed by atoms with Crippen LogP contribution < -0.4 is 10.9 Å². The number of aromatic nitrogens is 3. The minimum absolute atomic E-state index is 0.158. The Hall–Kier alpha value is -3.32. The summed E-state index contributed by atoms with van der Waals surface area (Å²) in [4.78, 5) is 15.1. The second-order valence-corrected chi connectivity index (χ2v) is 7.90. The van der Waals surface area contributed by atoms with Crippen molar-refractivity contribution in [2.75, 3.05) is 5.32 Å². The Bertz CT molecular complexity index is 1200. The highest BCUT2D eigenvalue weighted by atomic mass is 19.4. The summed E-state index contributed by atoms with van der Waals surface area (Å²) >= 11 is 0. The molecule has 4 rings (SSSR count). The van der Waals surface area contributed by atoms with Crippen LogP contribution in [0.4, 0.5) is 24.7 Å². The third-order valence-electron chi connectivity index (χ3n) is 5.67. The lowest BCUT2D eigenvalue weighted by Crippen LogP contribution is -2.39.